The van der Waals surface area contributed by atoms with Gasteiger partial charge in [-0.1, -0.05) is 36.4 Å². The smallest absolute Gasteiger partial charge is 0.316 e. The summed E-state index contributed by atoms with van der Waals surface area (Å²) in [7, 11) is 0. The molecule has 5 rings (SSSR count). The van der Waals surface area contributed by atoms with Crippen LogP contribution in [0.3, 0.4) is 0 Å². The van der Waals surface area contributed by atoms with Crippen molar-refractivity contribution in [2.75, 3.05) is 41.8 Å². The highest BCUT2D eigenvalue weighted by Crippen LogP contribution is 2.51. The lowest BCUT2D eigenvalue weighted by atomic mass is 9.86. The summed E-state index contributed by atoms with van der Waals surface area (Å²) < 4.78 is 36.4. The summed E-state index contributed by atoms with van der Waals surface area (Å²) in [4.78, 5) is 30.5. The molecule has 2 aliphatic rings. The number of carbonyl (C=O) groups is 2. The van der Waals surface area contributed by atoms with Crippen molar-refractivity contribution >= 4 is 28.9 Å². The van der Waals surface area contributed by atoms with Crippen molar-refractivity contribution in [3.63, 3.8) is 0 Å². The molecule has 3 N–H and O–H groups in total. The molecular weight excluding hydrogens is 458 g/mol. The summed E-state index contributed by atoms with van der Waals surface area (Å²) in [5, 5.41) is 15.6. The highest BCUT2D eigenvalue weighted by Gasteiger charge is 2.47. The van der Waals surface area contributed by atoms with Crippen molar-refractivity contribution in [2.45, 2.75) is 6.04 Å². The maximum atomic E-state index is 15.3. The molecular formula is C25H22F2N4O4. The number of hydrogen-bond acceptors (Lipinski definition) is 7. The average Bonchev–Trinajstić information content (AvgIpc) is 2.88. The molecule has 0 saturated carbocycles. The first-order chi connectivity index (χ1) is 17.0. The van der Waals surface area contributed by atoms with Gasteiger partial charge in [0, 0.05) is 25.8 Å². The minimum Gasteiger partial charge on any atom is -0.487 e. The van der Waals surface area contributed by atoms with E-state index in [4.69, 9.17) is 4.74 Å². The summed E-state index contributed by atoms with van der Waals surface area (Å²) in [6.07, 6.45) is 1.63. The molecule has 10 heteroatoms. The van der Waals surface area contributed by atoms with E-state index in [1.165, 1.54) is 0 Å². The fourth-order valence-corrected chi connectivity index (χ4v) is 4.52. The van der Waals surface area contributed by atoms with Crippen LogP contribution in [-0.4, -0.2) is 48.1 Å². The summed E-state index contributed by atoms with van der Waals surface area (Å²) in [5.41, 5.74) is 0.0872. The predicted octanol–water partition coefficient (Wildman–Crippen LogP) is 3.72. The van der Waals surface area contributed by atoms with Gasteiger partial charge in [0.25, 0.3) is 0 Å². The van der Waals surface area contributed by atoms with E-state index in [1.807, 2.05) is 36.4 Å². The second-order valence-electron chi connectivity index (χ2n) is 8.27. The van der Waals surface area contributed by atoms with Gasteiger partial charge in [-0.05, 0) is 17.7 Å². The molecule has 0 aliphatic carbocycles. The normalized spacial score (nSPS) is 18.5. The lowest BCUT2D eigenvalue weighted by Crippen LogP contribution is -2.48. The van der Waals surface area contributed by atoms with Gasteiger partial charge >= 0.3 is 5.97 Å². The van der Waals surface area contributed by atoms with Gasteiger partial charge in [-0.25, -0.2) is 13.8 Å². The van der Waals surface area contributed by atoms with Crippen molar-refractivity contribution < 1.29 is 28.2 Å². The Morgan fingerprint density at radius 1 is 1.09 bits per heavy atom. The third kappa shape index (κ3) is 4.01. The highest BCUT2D eigenvalue weighted by atomic mass is 19.2. The van der Waals surface area contributed by atoms with E-state index in [2.05, 4.69) is 15.6 Å². The van der Waals surface area contributed by atoms with Crippen molar-refractivity contribution in [2.24, 2.45) is 5.92 Å². The number of nitrogens with zero attached hydrogens (tertiary/aromatic N) is 2. The van der Waals surface area contributed by atoms with E-state index >= 15 is 8.78 Å². The van der Waals surface area contributed by atoms with Crippen LogP contribution in [0.15, 0.2) is 54.7 Å². The SMILES string of the molecule is O=C(O)C1CN2c3c(c(NCCNc4ccccn4)c(F)c(F)c3C1=O)OCC2c1ccccc1. The first-order valence-corrected chi connectivity index (χ1v) is 11.1. The molecule has 2 aromatic carbocycles. The zero-order valence-corrected chi connectivity index (χ0v) is 18.5. The molecule has 0 fully saturated rings. The molecule has 0 spiro atoms. The maximum absolute atomic E-state index is 15.3. The number of aliphatic carboxylic acids is 1. The van der Waals surface area contributed by atoms with Crippen LogP contribution in [0.25, 0.3) is 0 Å². The second-order valence-corrected chi connectivity index (χ2v) is 8.27. The third-order valence-electron chi connectivity index (χ3n) is 6.18. The molecule has 0 saturated heterocycles. The van der Waals surface area contributed by atoms with Crippen LogP contribution in [0, 0.1) is 17.6 Å². The van der Waals surface area contributed by atoms with Gasteiger partial charge in [0.15, 0.2) is 23.2 Å². The van der Waals surface area contributed by atoms with Crippen molar-refractivity contribution in [3.05, 3.63) is 77.5 Å². The van der Waals surface area contributed by atoms with Crippen LogP contribution in [0.4, 0.5) is 26.0 Å². The number of hydrogen-bond donors (Lipinski definition) is 3. The molecule has 3 heterocycles. The fraction of sp³-hybridized carbons (Fsp3) is 0.240. The van der Waals surface area contributed by atoms with Gasteiger partial charge in [0.2, 0.25) is 0 Å². The number of carboxylic acids is 1. The number of aromatic nitrogens is 1. The summed E-state index contributed by atoms with van der Waals surface area (Å²) in [6, 6.07) is 14.1. The standard InChI is InChI=1S/C25H22F2N4O4/c26-19-18-22-24(21(20(19)27)30-11-10-29-17-8-4-5-9-28-17)35-13-16(14-6-2-1-3-7-14)31(22)12-15(23(18)32)25(33)34/h1-9,15-16,30H,10-13H2,(H,28,29)(H,33,34). The van der Waals surface area contributed by atoms with Crippen LogP contribution in [-0.2, 0) is 4.79 Å². The maximum Gasteiger partial charge on any atom is 0.316 e. The number of pyridine rings is 1. The number of ketones is 1. The number of benzene rings is 2. The zero-order chi connectivity index (χ0) is 24.5. The molecule has 2 unspecified atom stereocenters. The van der Waals surface area contributed by atoms with E-state index in [0.29, 0.717) is 12.4 Å². The minimum atomic E-state index is -1.52. The molecule has 0 radical (unpaired) electrons. The molecule has 2 atom stereocenters. The number of anilines is 3. The Labute approximate surface area is 199 Å². The minimum absolute atomic E-state index is 0.00102. The number of carboxylic acid groups (broad SMARTS) is 1. The summed E-state index contributed by atoms with van der Waals surface area (Å²) in [6.45, 7) is 0.451. The predicted molar refractivity (Wildman–Crippen MR) is 125 cm³/mol. The molecule has 180 valence electrons. The number of nitrogens with one attached hydrogen (secondary N) is 2. The Hall–Kier alpha value is -4.21. The van der Waals surface area contributed by atoms with Gasteiger partial charge in [0.1, 0.15) is 24.0 Å². The third-order valence-corrected chi connectivity index (χ3v) is 6.18. The van der Waals surface area contributed by atoms with Crippen molar-refractivity contribution in [1.29, 1.82) is 0 Å². The Balaban J connectivity index is 1.52. The van der Waals surface area contributed by atoms with Gasteiger partial charge < -0.3 is 25.4 Å². The zero-order valence-electron chi connectivity index (χ0n) is 18.5. The average molecular weight is 480 g/mol. The quantitative estimate of drug-likeness (QED) is 0.347. The monoisotopic (exact) mass is 480 g/mol. The number of rotatable bonds is 7. The summed E-state index contributed by atoms with van der Waals surface area (Å²) in [5.74, 6) is -5.91. The number of halogens is 2. The Kier molecular flexibility index (Phi) is 5.94. The van der Waals surface area contributed by atoms with Gasteiger partial charge in [-0.15, -0.1) is 0 Å². The van der Waals surface area contributed by atoms with Crippen LogP contribution < -0.4 is 20.3 Å². The Morgan fingerprint density at radius 2 is 1.83 bits per heavy atom. The van der Waals surface area contributed by atoms with Crippen LogP contribution in [0.2, 0.25) is 0 Å². The van der Waals surface area contributed by atoms with Gasteiger partial charge in [-0.2, -0.15) is 0 Å². The molecule has 2 aliphatic heterocycles. The highest BCUT2D eigenvalue weighted by molar-refractivity contribution is 6.15. The fourth-order valence-electron chi connectivity index (χ4n) is 4.52. The number of Topliss-reactive ketones (excluding diaryl/α,β-unsaturated/α-hetero) is 1. The molecule has 35 heavy (non-hydrogen) atoms. The van der Waals surface area contributed by atoms with Crippen molar-refractivity contribution in [1.82, 2.24) is 4.98 Å². The topological polar surface area (TPSA) is 104 Å². The molecule has 8 nitrogen and oxygen atoms in total. The number of ether oxygens (including phenoxy) is 1. The largest absolute Gasteiger partial charge is 0.487 e. The van der Waals surface area contributed by atoms with Crippen LogP contribution in [0.5, 0.6) is 5.75 Å². The van der Waals surface area contributed by atoms with E-state index in [0.717, 1.165) is 5.56 Å². The van der Waals surface area contributed by atoms with Crippen LogP contribution in [0.1, 0.15) is 22.0 Å². The Morgan fingerprint density at radius 3 is 2.54 bits per heavy atom. The van der Waals surface area contributed by atoms with E-state index in [9.17, 15) is 14.7 Å². The molecule has 0 amide bonds. The lowest BCUT2D eigenvalue weighted by molar-refractivity contribution is -0.139. The summed E-state index contributed by atoms with van der Waals surface area (Å²) >= 11 is 0. The van der Waals surface area contributed by atoms with E-state index in [1.54, 1.807) is 23.2 Å². The van der Waals surface area contributed by atoms with E-state index < -0.39 is 40.9 Å². The first-order valence-electron chi connectivity index (χ1n) is 11.1. The number of carbonyl (C=O) groups excluding carboxylic acids is 1. The van der Waals surface area contributed by atoms with Crippen molar-refractivity contribution in [3.8, 4) is 5.75 Å². The second kappa shape index (κ2) is 9.21. The molecule has 3 aromatic rings. The lowest BCUT2D eigenvalue weighted by Gasteiger charge is -2.44. The molecule has 1 aromatic heterocycles. The Bertz CT molecular complexity index is 1270. The first kappa shape index (κ1) is 22.6. The van der Waals surface area contributed by atoms with Gasteiger partial charge in [0.05, 0.1) is 17.3 Å². The van der Waals surface area contributed by atoms with E-state index in [-0.39, 0.29) is 36.8 Å². The van der Waals surface area contributed by atoms with Crippen LogP contribution >= 0.6 is 0 Å². The van der Waals surface area contributed by atoms with Gasteiger partial charge in [-0.3, -0.25) is 9.59 Å². The molecule has 0 bridgehead atoms.